The molecule has 36 heavy (non-hydrogen) atoms. The van der Waals surface area contributed by atoms with Crippen LogP contribution in [0.1, 0.15) is 157 Å². The van der Waals surface area contributed by atoms with Crippen molar-refractivity contribution < 1.29 is 19.1 Å². The molecule has 1 saturated carbocycles. The molecule has 0 heterocycles. The Morgan fingerprint density at radius 3 is 1.44 bits per heavy atom. The van der Waals surface area contributed by atoms with Crippen LogP contribution < -0.4 is 0 Å². The smallest absolute Gasteiger partial charge is 0.339 e. The molecule has 2 rings (SSSR count). The predicted molar refractivity (Wildman–Crippen MR) is 151 cm³/mol. The quantitative estimate of drug-likeness (QED) is 0.157. The van der Waals surface area contributed by atoms with Gasteiger partial charge in [-0.15, -0.1) is 0 Å². The minimum absolute atomic E-state index is 0.293. The monoisotopic (exact) mass is 502 g/mol. The first-order chi connectivity index (χ1) is 17.6. The molecule has 4 heteroatoms. The van der Waals surface area contributed by atoms with Gasteiger partial charge in [0.1, 0.15) is 0 Å². The van der Waals surface area contributed by atoms with E-state index in [1.54, 1.807) is 24.3 Å². The van der Waals surface area contributed by atoms with E-state index in [-0.39, 0.29) is 0 Å². The highest BCUT2D eigenvalue weighted by atomic mass is 16.5. The van der Waals surface area contributed by atoms with Crippen LogP contribution in [-0.4, -0.2) is 25.2 Å². The van der Waals surface area contributed by atoms with Crippen molar-refractivity contribution in [3.8, 4) is 0 Å². The number of benzene rings is 1. The van der Waals surface area contributed by atoms with Crippen LogP contribution in [0.3, 0.4) is 0 Å². The molecule has 1 aliphatic carbocycles. The van der Waals surface area contributed by atoms with Crippen molar-refractivity contribution in [2.75, 3.05) is 13.2 Å². The molecule has 1 aromatic carbocycles. The normalized spacial score (nSPS) is 13.5. The van der Waals surface area contributed by atoms with Crippen LogP contribution in [0.15, 0.2) is 24.3 Å². The molecule has 0 aromatic heterocycles. The van der Waals surface area contributed by atoms with Crippen LogP contribution in [0.25, 0.3) is 0 Å². The van der Waals surface area contributed by atoms with Crippen molar-refractivity contribution >= 4 is 11.9 Å². The summed E-state index contributed by atoms with van der Waals surface area (Å²) in [5.74, 6) is 0.199. The maximum Gasteiger partial charge on any atom is 0.339 e. The average Bonchev–Trinajstić information content (AvgIpc) is 2.92. The molecular weight excluding hydrogens is 448 g/mol. The molecule has 0 amide bonds. The topological polar surface area (TPSA) is 52.6 Å². The molecule has 0 spiro atoms. The molecule has 0 radical (unpaired) electrons. The zero-order valence-corrected chi connectivity index (χ0v) is 23.7. The molecular formula is C32H54O4. The standard InChI is InChI=1S/C24H38O4.C8H16/c1-3-5-7-9-11-15-19-27-23(25)21-17-13-14-18-22(21)24(26)28-20-16-12-10-8-6-4-2;1-2-8-6-4-3-5-7-8/h13-14,17-18H,3-12,15-16,19-20H2,1-2H3;8H,2-7H2,1H3. The fourth-order valence-electron chi connectivity index (χ4n) is 4.68. The molecule has 0 saturated heterocycles. The Kier molecular flexibility index (Phi) is 20.0. The third kappa shape index (κ3) is 15.3. The summed E-state index contributed by atoms with van der Waals surface area (Å²) in [7, 11) is 0. The lowest BCUT2D eigenvalue weighted by Gasteiger charge is -2.18. The fraction of sp³-hybridized carbons (Fsp3) is 0.750. The number of rotatable bonds is 17. The van der Waals surface area contributed by atoms with Crippen LogP contribution in [0.5, 0.6) is 0 Å². The average molecular weight is 503 g/mol. The van der Waals surface area contributed by atoms with Gasteiger partial charge in [-0.05, 0) is 30.9 Å². The molecule has 0 bridgehead atoms. The lowest BCUT2D eigenvalue weighted by Crippen LogP contribution is -2.15. The van der Waals surface area contributed by atoms with Crippen LogP contribution in [0, 0.1) is 5.92 Å². The molecule has 1 aliphatic rings. The van der Waals surface area contributed by atoms with E-state index in [2.05, 4.69) is 20.8 Å². The van der Waals surface area contributed by atoms with Crippen molar-refractivity contribution in [2.24, 2.45) is 5.92 Å². The number of hydrogen-bond acceptors (Lipinski definition) is 4. The second-order valence-electron chi connectivity index (χ2n) is 10.3. The van der Waals surface area contributed by atoms with Crippen LogP contribution in [0.4, 0.5) is 0 Å². The number of carbonyl (C=O) groups is 2. The molecule has 206 valence electrons. The summed E-state index contributed by atoms with van der Waals surface area (Å²) >= 11 is 0. The van der Waals surface area contributed by atoms with Gasteiger partial charge in [-0.3, -0.25) is 0 Å². The number of ether oxygens (including phenoxy) is 2. The maximum atomic E-state index is 12.4. The third-order valence-electron chi connectivity index (χ3n) is 7.13. The molecule has 0 aliphatic heterocycles. The van der Waals surface area contributed by atoms with Gasteiger partial charge in [0.15, 0.2) is 0 Å². The summed E-state index contributed by atoms with van der Waals surface area (Å²) in [4.78, 5) is 24.7. The first-order valence-corrected chi connectivity index (χ1v) is 15.1. The predicted octanol–water partition coefficient (Wildman–Crippen LogP) is 9.70. The summed E-state index contributed by atoms with van der Waals surface area (Å²) in [6, 6.07) is 6.74. The number of esters is 2. The lowest BCUT2D eigenvalue weighted by atomic mass is 9.88. The van der Waals surface area contributed by atoms with E-state index in [1.165, 1.54) is 89.9 Å². The molecule has 0 N–H and O–H groups in total. The minimum atomic E-state index is -0.444. The summed E-state index contributed by atoms with van der Waals surface area (Å²) in [5.41, 5.74) is 0.586. The third-order valence-corrected chi connectivity index (χ3v) is 7.13. The van der Waals surface area contributed by atoms with Crippen molar-refractivity contribution in [3.63, 3.8) is 0 Å². The van der Waals surface area contributed by atoms with Crippen LogP contribution in [0.2, 0.25) is 0 Å². The van der Waals surface area contributed by atoms with Gasteiger partial charge in [0.25, 0.3) is 0 Å². The Labute approximate surface area is 221 Å². The zero-order chi connectivity index (χ0) is 26.3. The van der Waals surface area contributed by atoms with Gasteiger partial charge in [-0.1, -0.05) is 136 Å². The summed E-state index contributed by atoms with van der Waals surface area (Å²) < 4.78 is 10.7. The van der Waals surface area contributed by atoms with E-state index in [4.69, 9.17) is 9.47 Å². The van der Waals surface area contributed by atoms with E-state index in [0.29, 0.717) is 24.3 Å². The number of unbranched alkanes of at least 4 members (excludes halogenated alkanes) is 10. The van der Waals surface area contributed by atoms with Crippen molar-refractivity contribution in [3.05, 3.63) is 35.4 Å². The van der Waals surface area contributed by atoms with Crippen molar-refractivity contribution in [2.45, 2.75) is 136 Å². The minimum Gasteiger partial charge on any atom is -0.462 e. The number of hydrogen-bond donors (Lipinski definition) is 0. The first-order valence-electron chi connectivity index (χ1n) is 15.1. The Morgan fingerprint density at radius 2 is 1.06 bits per heavy atom. The summed E-state index contributed by atoms with van der Waals surface area (Å²) in [6.07, 6.45) is 22.6. The highest BCUT2D eigenvalue weighted by Crippen LogP contribution is 2.25. The van der Waals surface area contributed by atoms with Crippen molar-refractivity contribution in [1.82, 2.24) is 0 Å². The Hall–Kier alpha value is -1.84. The van der Waals surface area contributed by atoms with Gasteiger partial charge in [-0.2, -0.15) is 0 Å². The van der Waals surface area contributed by atoms with Gasteiger partial charge in [0, 0.05) is 0 Å². The summed E-state index contributed by atoms with van der Waals surface area (Å²) in [6.45, 7) is 7.49. The van der Waals surface area contributed by atoms with Gasteiger partial charge in [0.05, 0.1) is 24.3 Å². The van der Waals surface area contributed by atoms with Gasteiger partial charge >= 0.3 is 11.9 Å². The van der Waals surface area contributed by atoms with Crippen LogP contribution in [-0.2, 0) is 9.47 Å². The largest absolute Gasteiger partial charge is 0.462 e. The first kappa shape index (κ1) is 32.2. The zero-order valence-electron chi connectivity index (χ0n) is 23.7. The highest BCUT2D eigenvalue weighted by Gasteiger charge is 2.18. The van der Waals surface area contributed by atoms with E-state index in [9.17, 15) is 9.59 Å². The molecule has 0 unspecified atom stereocenters. The number of carbonyl (C=O) groups excluding carboxylic acids is 2. The second kappa shape index (κ2) is 22.4. The van der Waals surface area contributed by atoms with Gasteiger partial charge < -0.3 is 9.47 Å². The molecule has 1 fully saturated rings. The van der Waals surface area contributed by atoms with E-state index < -0.39 is 11.9 Å². The maximum absolute atomic E-state index is 12.4. The Morgan fingerprint density at radius 1 is 0.639 bits per heavy atom. The fourth-order valence-corrected chi connectivity index (χ4v) is 4.68. The van der Waals surface area contributed by atoms with E-state index >= 15 is 0 Å². The van der Waals surface area contributed by atoms with E-state index in [1.807, 2.05) is 0 Å². The lowest BCUT2D eigenvalue weighted by molar-refractivity contribution is 0.0450. The van der Waals surface area contributed by atoms with Crippen molar-refractivity contribution in [1.29, 1.82) is 0 Å². The Bertz CT molecular complexity index is 629. The Balaban J connectivity index is 0.000000681. The van der Waals surface area contributed by atoms with Gasteiger partial charge in [0.2, 0.25) is 0 Å². The highest BCUT2D eigenvalue weighted by molar-refractivity contribution is 6.03. The summed E-state index contributed by atoms with van der Waals surface area (Å²) in [5, 5.41) is 0. The second-order valence-corrected chi connectivity index (χ2v) is 10.3. The molecule has 0 atom stereocenters. The SMILES string of the molecule is CCC1CCCCC1.CCCCCCCCOC(=O)c1ccccc1C(=O)OCCCCCCCC. The van der Waals surface area contributed by atoms with Gasteiger partial charge in [-0.25, -0.2) is 9.59 Å². The van der Waals surface area contributed by atoms with E-state index in [0.717, 1.165) is 31.6 Å². The van der Waals surface area contributed by atoms with Crippen LogP contribution >= 0.6 is 0 Å². The molecule has 4 nitrogen and oxygen atoms in total. The molecule has 1 aromatic rings.